The highest BCUT2D eigenvalue weighted by Gasteiger charge is 2.14. The summed E-state index contributed by atoms with van der Waals surface area (Å²) in [5, 5.41) is 4.42. The molecule has 0 bridgehead atoms. The molecule has 0 aliphatic heterocycles. The predicted molar refractivity (Wildman–Crippen MR) is 78.9 cm³/mol. The van der Waals surface area contributed by atoms with Crippen molar-refractivity contribution >= 4 is 40.2 Å². The number of benzene rings is 1. The summed E-state index contributed by atoms with van der Waals surface area (Å²) in [4.78, 5) is 23.0. The quantitative estimate of drug-likeness (QED) is 0.583. The number of hydrogen-bond donors (Lipinski definition) is 0. The maximum Gasteiger partial charge on any atom is 0.362 e. The number of carbonyl (C=O) groups is 1. The SMILES string of the molecule is COC(=O)c1nn(-c2ccc(I)cc2Cl)ccc1=O. The fourth-order valence-electron chi connectivity index (χ4n) is 1.45. The van der Waals surface area contributed by atoms with E-state index in [2.05, 4.69) is 32.4 Å². The van der Waals surface area contributed by atoms with Gasteiger partial charge in [-0.3, -0.25) is 4.79 Å². The van der Waals surface area contributed by atoms with Crippen molar-refractivity contribution in [2.24, 2.45) is 0 Å². The molecule has 0 saturated heterocycles. The van der Waals surface area contributed by atoms with Crippen LogP contribution in [0.2, 0.25) is 5.02 Å². The first kappa shape index (κ1) is 14.0. The monoisotopic (exact) mass is 390 g/mol. The topological polar surface area (TPSA) is 61.2 Å². The maximum absolute atomic E-state index is 11.5. The van der Waals surface area contributed by atoms with Crippen LogP contribution in [-0.4, -0.2) is 22.9 Å². The second-order valence-corrected chi connectivity index (χ2v) is 5.21. The Morgan fingerprint density at radius 2 is 2.16 bits per heavy atom. The van der Waals surface area contributed by atoms with Crippen molar-refractivity contribution in [2.75, 3.05) is 7.11 Å². The van der Waals surface area contributed by atoms with Gasteiger partial charge in [0.2, 0.25) is 11.1 Å². The molecular weight excluding hydrogens is 383 g/mol. The minimum Gasteiger partial charge on any atom is -0.464 e. The van der Waals surface area contributed by atoms with E-state index in [9.17, 15) is 9.59 Å². The number of carbonyl (C=O) groups excluding carboxylic acids is 1. The zero-order chi connectivity index (χ0) is 14.0. The van der Waals surface area contributed by atoms with Gasteiger partial charge in [-0.1, -0.05) is 11.6 Å². The highest BCUT2D eigenvalue weighted by molar-refractivity contribution is 14.1. The predicted octanol–water partition coefficient (Wildman–Crippen LogP) is 2.28. The van der Waals surface area contributed by atoms with E-state index < -0.39 is 11.4 Å². The normalized spacial score (nSPS) is 10.3. The molecule has 2 rings (SSSR count). The molecular formula is C12H8ClIN2O3. The van der Waals surface area contributed by atoms with Crippen LogP contribution in [-0.2, 0) is 4.74 Å². The lowest BCUT2D eigenvalue weighted by Crippen LogP contribution is -2.21. The van der Waals surface area contributed by atoms with Gasteiger partial charge in [0.1, 0.15) is 0 Å². The van der Waals surface area contributed by atoms with Crippen molar-refractivity contribution in [2.45, 2.75) is 0 Å². The number of hydrogen-bond acceptors (Lipinski definition) is 4. The van der Waals surface area contributed by atoms with Gasteiger partial charge in [0.15, 0.2) is 0 Å². The Bertz CT molecular complexity index is 700. The van der Waals surface area contributed by atoms with Crippen molar-refractivity contribution in [1.82, 2.24) is 9.78 Å². The van der Waals surface area contributed by atoms with Crippen LogP contribution in [0.5, 0.6) is 0 Å². The standard InChI is InChI=1S/C12H8ClIN2O3/c1-19-12(18)11-10(17)4-5-16(15-11)9-3-2-7(14)6-8(9)13/h2-6H,1H3. The van der Waals surface area contributed by atoms with Crippen LogP contribution >= 0.6 is 34.2 Å². The summed E-state index contributed by atoms with van der Waals surface area (Å²) >= 11 is 8.24. The molecule has 2 aromatic rings. The zero-order valence-corrected chi connectivity index (χ0v) is 12.7. The van der Waals surface area contributed by atoms with Gasteiger partial charge < -0.3 is 4.74 Å². The molecule has 98 valence electrons. The summed E-state index contributed by atoms with van der Waals surface area (Å²) in [6, 6.07) is 6.60. The van der Waals surface area contributed by atoms with E-state index in [0.29, 0.717) is 10.7 Å². The van der Waals surface area contributed by atoms with Crippen LogP contribution in [0.1, 0.15) is 10.5 Å². The molecule has 5 nitrogen and oxygen atoms in total. The van der Waals surface area contributed by atoms with Crippen molar-refractivity contribution in [3.05, 3.63) is 55.0 Å². The summed E-state index contributed by atoms with van der Waals surface area (Å²) in [6.07, 6.45) is 1.45. The number of rotatable bonds is 2. The molecule has 0 unspecified atom stereocenters. The largest absolute Gasteiger partial charge is 0.464 e. The third-order valence-corrected chi connectivity index (χ3v) is 3.32. The Morgan fingerprint density at radius 3 is 2.79 bits per heavy atom. The Kier molecular flexibility index (Phi) is 4.20. The molecule has 1 aromatic carbocycles. The van der Waals surface area contributed by atoms with Gasteiger partial charge in [0, 0.05) is 15.8 Å². The lowest BCUT2D eigenvalue weighted by molar-refractivity contribution is 0.0590. The average Bonchev–Trinajstić information content (AvgIpc) is 2.39. The molecule has 0 aliphatic carbocycles. The number of methoxy groups -OCH3 is 1. The van der Waals surface area contributed by atoms with Crippen LogP contribution < -0.4 is 5.43 Å². The fourth-order valence-corrected chi connectivity index (χ4v) is 2.39. The molecule has 0 radical (unpaired) electrons. The van der Waals surface area contributed by atoms with Crippen LogP contribution in [0.25, 0.3) is 5.69 Å². The summed E-state index contributed by atoms with van der Waals surface area (Å²) < 4.78 is 6.85. The molecule has 0 N–H and O–H groups in total. The zero-order valence-electron chi connectivity index (χ0n) is 9.76. The molecule has 0 spiro atoms. The minimum atomic E-state index is -0.777. The molecule has 0 fully saturated rings. The Morgan fingerprint density at radius 1 is 1.42 bits per heavy atom. The van der Waals surface area contributed by atoms with Crippen LogP contribution in [0.15, 0.2) is 35.3 Å². The smallest absolute Gasteiger partial charge is 0.362 e. The first-order chi connectivity index (χ1) is 9.02. The van der Waals surface area contributed by atoms with E-state index >= 15 is 0 Å². The van der Waals surface area contributed by atoms with Gasteiger partial charge in [-0.25, -0.2) is 9.48 Å². The van der Waals surface area contributed by atoms with E-state index in [4.69, 9.17) is 11.6 Å². The number of aromatic nitrogens is 2. The lowest BCUT2D eigenvalue weighted by Gasteiger charge is -2.08. The highest BCUT2D eigenvalue weighted by Crippen LogP contribution is 2.21. The molecule has 1 heterocycles. The minimum absolute atomic E-state index is 0.278. The molecule has 0 atom stereocenters. The van der Waals surface area contributed by atoms with E-state index in [1.54, 1.807) is 12.1 Å². The number of ether oxygens (including phenoxy) is 1. The van der Waals surface area contributed by atoms with Crippen molar-refractivity contribution in [1.29, 1.82) is 0 Å². The third kappa shape index (κ3) is 2.95. The molecule has 0 aliphatic rings. The van der Waals surface area contributed by atoms with Crippen molar-refractivity contribution < 1.29 is 9.53 Å². The number of halogens is 2. The molecule has 19 heavy (non-hydrogen) atoms. The maximum atomic E-state index is 11.5. The molecule has 0 amide bonds. The summed E-state index contributed by atoms with van der Waals surface area (Å²) in [5.41, 5.74) is -0.198. The van der Waals surface area contributed by atoms with Crippen molar-refractivity contribution in [3.8, 4) is 5.69 Å². The second-order valence-electron chi connectivity index (χ2n) is 3.56. The number of esters is 1. The average molecular weight is 391 g/mol. The van der Waals surface area contributed by atoms with Gasteiger partial charge >= 0.3 is 5.97 Å². The second kappa shape index (κ2) is 5.70. The first-order valence-corrected chi connectivity index (χ1v) is 6.62. The van der Waals surface area contributed by atoms with Gasteiger partial charge in [0.05, 0.1) is 17.8 Å². The van der Waals surface area contributed by atoms with Gasteiger partial charge in [-0.15, -0.1) is 0 Å². The Balaban J connectivity index is 2.57. The first-order valence-electron chi connectivity index (χ1n) is 5.16. The highest BCUT2D eigenvalue weighted by atomic mass is 127. The van der Waals surface area contributed by atoms with E-state index in [1.807, 2.05) is 6.07 Å². The van der Waals surface area contributed by atoms with Gasteiger partial charge in [0.25, 0.3) is 0 Å². The van der Waals surface area contributed by atoms with E-state index in [0.717, 1.165) is 3.57 Å². The Hall–Kier alpha value is -1.41. The van der Waals surface area contributed by atoms with Gasteiger partial charge in [-0.05, 0) is 40.8 Å². The van der Waals surface area contributed by atoms with Crippen LogP contribution in [0, 0.1) is 3.57 Å². The summed E-state index contributed by atoms with van der Waals surface area (Å²) in [7, 11) is 1.19. The lowest BCUT2D eigenvalue weighted by atomic mass is 10.3. The summed E-state index contributed by atoms with van der Waals surface area (Å²) in [6.45, 7) is 0. The van der Waals surface area contributed by atoms with E-state index in [1.165, 1.54) is 24.1 Å². The van der Waals surface area contributed by atoms with Crippen LogP contribution in [0.4, 0.5) is 0 Å². The van der Waals surface area contributed by atoms with Crippen LogP contribution in [0.3, 0.4) is 0 Å². The van der Waals surface area contributed by atoms with Crippen molar-refractivity contribution in [3.63, 3.8) is 0 Å². The fraction of sp³-hybridized carbons (Fsp3) is 0.0833. The Labute approximate surface area is 127 Å². The van der Waals surface area contributed by atoms with Gasteiger partial charge in [-0.2, -0.15) is 5.10 Å². The molecule has 1 aromatic heterocycles. The third-order valence-electron chi connectivity index (χ3n) is 2.34. The van der Waals surface area contributed by atoms with E-state index in [-0.39, 0.29) is 5.69 Å². The molecule has 7 heteroatoms. The molecule has 0 saturated carbocycles. The summed E-state index contributed by atoms with van der Waals surface area (Å²) in [5.74, 6) is -0.777. The number of nitrogens with zero attached hydrogens (tertiary/aromatic N) is 2.